The van der Waals surface area contributed by atoms with Crippen LogP contribution in [-0.2, 0) is 0 Å². The normalized spacial score (nSPS) is 10.1. The predicted octanol–water partition coefficient (Wildman–Crippen LogP) is 3.68. The standard InChI is InChI=1S/C11H6BrFN2O3/c12-7-1-4-11(14-6-7)18-10-5-8(13)2-3-9(10)15(16)17/h1-6H. The lowest BCUT2D eigenvalue weighted by Crippen LogP contribution is -1.95. The first-order chi connectivity index (χ1) is 8.56. The van der Waals surface area contributed by atoms with E-state index < -0.39 is 10.7 Å². The second-order valence-electron chi connectivity index (χ2n) is 3.29. The van der Waals surface area contributed by atoms with E-state index in [-0.39, 0.29) is 17.3 Å². The van der Waals surface area contributed by atoms with Crippen LogP contribution in [0.25, 0.3) is 0 Å². The van der Waals surface area contributed by atoms with Crippen molar-refractivity contribution in [2.75, 3.05) is 0 Å². The van der Waals surface area contributed by atoms with Crippen molar-refractivity contribution in [2.45, 2.75) is 0 Å². The summed E-state index contributed by atoms with van der Waals surface area (Å²) in [5.41, 5.74) is -0.318. The average Bonchev–Trinajstić information content (AvgIpc) is 2.32. The van der Waals surface area contributed by atoms with Crippen LogP contribution >= 0.6 is 15.9 Å². The quantitative estimate of drug-likeness (QED) is 0.640. The number of hydrogen-bond acceptors (Lipinski definition) is 4. The molecule has 2 aromatic rings. The Kier molecular flexibility index (Phi) is 3.52. The summed E-state index contributed by atoms with van der Waals surface area (Å²) >= 11 is 3.19. The lowest BCUT2D eigenvalue weighted by atomic mass is 10.3. The number of halogens is 2. The van der Waals surface area contributed by atoms with E-state index in [4.69, 9.17) is 4.74 Å². The molecule has 0 saturated carbocycles. The van der Waals surface area contributed by atoms with E-state index in [0.29, 0.717) is 0 Å². The molecule has 92 valence electrons. The minimum absolute atomic E-state index is 0.145. The van der Waals surface area contributed by atoms with E-state index in [1.165, 1.54) is 12.3 Å². The molecule has 5 nitrogen and oxygen atoms in total. The monoisotopic (exact) mass is 312 g/mol. The summed E-state index contributed by atoms with van der Waals surface area (Å²) < 4.78 is 19.0. The van der Waals surface area contributed by atoms with Gasteiger partial charge in [0.15, 0.2) is 0 Å². The van der Waals surface area contributed by atoms with Crippen molar-refractivity contribution in [1.82, 2.24) is 4.98 Å². The smallest absolute Gasteiger partial charge is 0.311 e. The van der Waals surface area contributed by atoms with Crippen molar-refractivity contribution >= 4 is 21.6 Å². The molecule has 0 N–H and O–H groups in total. The molecule has 2 rings (SSSR count). The Balaban J connectivity index is 2.35. The molecule has 1 aromatic heterocycles. The summed E-state index contributed by atoms with van der Waals surface area (Å²) in [4.78, 5) is 14.0. The van der Waals surface area contributed by atoms with Crippen molar-refractivity contribution in [2.24, 2.45) is 0 Å². The van der Waals surface area contributed by atoms with Gasteiger partial charge < -0.3 is 4.74 Å². The number of rotatable bonds is 3. The van der Waals surface area contributed by atoms with Crippen LogP contribution in [0.5, 0.6) is 11.6 Å². The Bertz CT molecular complexity index is 589. The Labute approximate surface area is 110 Å². The maximum Gasteiger partial charge on any atom is 0.311 e. The number of nitro benzene ring substituents is 1. The molecule has 1 aromatic carbocycles. The van der Waals surface area contributed by atoms with Gasteiger partial charge >= 0.3 is 5.69 Å². The van der Waals surface area contributed by atoms with Gasteiger partial charge in [0.25, 0.3) is 0 Å². The van der Waals surface area contributed by atoms with Gasteiger partial charge in [-0.05, 0) is 28.1 Å². The molecular formula is C11H6BrFN2O3. The summed E-state index contributed by atoms with van der Waals surface area (Å²) in [6.45, 7) is 0. The molecule has 0 saturated heterocycles. The number of nitro groups is 1. The fourth-order valence-electron chi connectivity index (χ4n) is 1.26. The second kappa shape index (κ2) is 5.09. The molecule has 1 heterocycles. The zero-order valence-electron chi connectivity index (χ0n) is 8.84. The number of pyridine rings is 1. The van der Waals surface area contributed by atoms with Gasteiger partial charge in [-0.15, -0.1) is 0 Å². The van der Waals surface area contributed by atoms with Crippen molar-refractivity contribution in [1.29, 1.82) is 0 Å². The van der Waals surface area contributed by atoms with Crippen LogP contribution in [0.4, 0.5) is 10.1 Å². The number of aromatic nitrogens is 1. The fraction of sp³-hybridized carbons (Fsp3) is 0. The van der Waals surface area contributed by atoms with Crippen LogP contribution < -0.4 is 4.74 Å². The van der Waals surface area contributed by atoms with E-state index >= 15 is 0 Å². The Morgan fingerprint density at radius 3 is 2.72 bits per heavy atom. The van der Waals surface area contributed by atoms with E-state index in [1.54, 1.807) is 6.07 Å². The molecule has 0 amide bonds. The Morgan fingerprint density at radius 2 is 2.11 bits per heavy atom. The third kappa shape index (κ3) is 2.80. The summed E-state index contributed by atoms with van der Waals surface area (Å²) in [7, 11) is 0. The van der Waals surface area contributed by atoms with Crippen LogP contribution in [0.2, 0.25) is 0 Å². The average molecular weight is 313 g/mol. The van der Waals surface area contributed by atoms with Crippen molar-refractivity contribution in [3.8, 4) is 11.6 Å². The summed E-state index contributed by atoms with van der Waals surface area (Å²) in [6, 6.07) is 6.16. The van der Waals surface area contributed by atoms with Gasteiger partial charge in [-0.1, -0.05) is 0 Å². The van der Waals surface area contributed by atoms with Crippen LogP contribution in [-0.4, -0.2) is 9.91 Å². The lowest BCUT2D eigenvalue weighted by Gasteiger charge is -2.05. The molecule has 0 atom stereocenters. The zero-order chi connectivity index (χ0) is 13.1. The molecule has 0 bridgehead atoms. The van der Waals surface area contributed by atoms with Gasteiger partial charge in [-0.3, -0.25) is 10.1 Å². The summed E-state index contributed by atoms with van der Waals surface area (Å²) in [5.74, 6) is -0.658. The molecular weight excluding hydrogens is 307 g/mol. The number of ether oxygens (including phenoxy) is 1. The minimum Gasteiger partial charge on any atom is -0.432 e. The largest absolute Gasteiger partial charge is 0.432 e. The minimum atomic E-state index is -0.645. The third-order valence-corrected chi connectivity index (χ3v) is 2.50. The van der Waals surface area contributed by atoms with Gasteiger partial charge in [0.2, 0.25) is 11.6 Å². The van der Waals surface area contributed by atoms with Crippen molar-refractivity contribution in [3.63, 3.8) is 0 Å². The molecule has 7 heteroatoms. The maximum absolute atomic E-state index is 13.0. The topological polar surface area (TPSA) is 65.3 Å². The van der Waals surface area contributed by atoms with Crippen LogP contribution in [0.1, 0.15) is 0 Å². The second-order valence-corrected chi connectivity index (χ2v) is 4.20. The first-order valence-electron chi connectivity index (χ1n) is 4.79. The number of nitrogens with zero attached hydrogens (tertiary/aromatic N) is 2. The highest BCUT2D eigenvalue weighted by molar-refractivity contribution is 9.10. The molecule has 18 heavy (non-hydrogen) atoms. The molecule has 0 aliphatic carbocycles. The third-order valence-electron chi connectivity index (χ3n) is 2.03. The van der Waals surface area contributed by atoms with Crippen molar-refractivity contribution < 1.29 is 14.1 Å². The predicted molar refractivity (Wildman–Crippen MR) is 65.1 cm³/mol. The van der Waals surface area contributed by atoms with Crippen LogP contribution in [0, 0.1) is 15.9 Å². The fourth-order valence-corrected chi connectivity index (χ4v) is 1.49. The van der Waals surface area contributed by atoms with Gasteiger partial charge in [0, 0.05) is 28.9 Å². The lowest BCUT2D eigenvalue weighted by molar-refractivity contribution is -0.385. The molecule has 0 spiro atoms. The van der Waals surface area contributed by atoms with Gasteiger partial charge in [-0.25, -0.2) is 9.37 Å². The first kappa shape index (κ1) is 12.4. The van der Waals surface area contributed by atoms with E-state index in [2.05, 4.69) is 20.9 Å². The van der Waals surface area contributed by atoms with Crippen LogP contribution in [0.3, 0.4) is 0 Å². The van der Waals surface area contributed by atoms with Gasteiger partial charge in [0.1, 0.15) is 5.82 Å². The first-order valence-corrected chi connectivity index (χ1v) is 5.59. The number of hydrogen-bond donors (Lipinski definition) is 0. The molecule has 0 aliphatic rings. The summed E-state index contributed by atoms with van der Waals surface area (Å²) in [6.07, 6.45) is 1.47. The highest BCUT2D eigenvalue weighted by Gasteiger charge is 2.16. The van der Waals surface area contributed by atoms with E-state index in [0.717, 1.165) is 22.7 Å². The van der Waals surface area contributed by atoms with Crippen molar-refractivity contribution in [3.05, 3.63) is 56.9 Å². The van der Waals surface area contributed by atoms with E-state index in [9.17, 15) is 14.5 Å². The molecule has 0 radical (unpaired) electrons. The number of benzene rings is 1. The SMILES string of the molecule is O=[N+]([O-])c1ccc(F)cc1Oc1ccc(Br)cn1. The molecule has 0 unspecified atom stereocenters. The molecule has 0 fully saturated rings. The molecule has 0 aliphatic heterocycles. The highest BCUT2D eigenvalue weighted by Crippen LogP contribution is 2.31. The van der Waals surface area contributed by atoms with Gasteiger partial charge in [-0.2, -0.15) is 0 Å². The Morgan fingerprint density at radius 1 is 1.33 bits per heavy atom. The Hall–Kier alpha value is -2.02. The highest BCUT2D eigenvalue weighted by atomic mass is 79.9. The summed E-state index contributed by atoms with van der Waals surface area (Å²) in [5, 5.41) is 10.8. The zero-order valence-corrected chi connectivity index (χ0v) is 10.4. The van der Waals surface area contributed by atoms with Crippen LogP contribution in [0.15, 0.2) is 41.0 Å². The maximum atomic E-state index is 13.0. The van der Waals surface area contributed by atoms with Gasteiger partial charge in [0.05, 0.1) is 4.92 Å². The van der Waals surface area contributed by atoms with E-state index in [1.807, 2.05) is 0 Å².